The molecule has 0 saturated heterocycles. The van der Waals surface area contributed by atoms with Crippen molar-refractivity contribution in [1.29, 1.82) is 0 Å². The van der Waals surface area contributed by atoms with E-state index in [-0.39, 0.29) is 5.91 Å². The minimum absolute atomic E-state index is 0.274. The number of nitrogen functional groups attached to an aromatic ring is 1. The first-order chi connectivity index (χ1) is 10.1. The zero-order valence-corrected chi connectivity index (χ0v) is 11.5. The van der Waals surface area contributed by atoms with Crippen LogP contribution in [0, 0.1) is 5.82 Å². The van der Waals surface area contributed by atoms with Crippen LogP contribution in [0.2, 0.25) is 0 Å². The van der Waals surface area contributed by atoms with Gasteiger partial charge in [-0.3, -0.25) is 4.79 Å². The molecule has 0 bridgehead atoms. The zero-order valence-electron chi connectivity index (χ0n) is 11.5. The van der Waals surface area contributed by atoms with E-state index in [0.717, 1.165) is 12.1 Å². The molecule has 0 saturated carbocycles. The van der Waals surface area contributed by atoms with Gasteiger partial charge in [0.1, 0.15) is 11.6 Å². The Morgan fingerprint density at radius 3 is 2.81 bits per heavy atom. The van der Waals surface area contributed by atoms with Crippen LogP contribution in [0.1, 0.15) is 16.8 Å². The molecule has 0 unspecified atom stereocenters. The van der Waals surface area contributed by atoms with Crippen molar-refractivity contribution >= 4 is 17.4 Å². The first-order valence-corrected chi connectivity index (χ1v) is 6.64. The number of carbonyl (C=O) groups is 1. The normalized spacial score (nSPS) is 10.1. The summed E-state index contributed by atoms with van der Waals surface area (Å²) in [5.41, 5.74) is 6.69. The van der Waals surface area contributed by atoms with Crippen LogP contribution in [0.5, 0.6) is 0 Å². The molecule has 110 valence electrons. The van der Waals surface area contributed by atoms with Crippen molar-refractivity contribution < 1.29 is 9.18 Å². The monoisotopic (exact) mass is 288 g/mol. The van der Waals surface area contributed by atoms with Gasteiger partial charge < -0.3 is 16.4 Å². The van der Waals surface area contributed by atoms with Crippen molar-refractivity contribution in [2.75, 3.05) is 24.1 Å². The summed E-state index contributed by atoms with van der Waals surface area (Å²) in [6, 6.07) is 9.17. The number of rotatable bonds is 6. The van der Waals surface area contributed by atoms with E-state index < -0.39 is 5.82 Å². The Balaban J connectivity index is 1.68. The Morgan fingerprint density at radius 2 is 2.10 bits per heavy atom. The molecule has 0 radical (unpaired) electrons. The third kappa shape index (κ3) is 4.76. The van der Waals surface area contributed by atoms with E-state index in [1.54, 1.807) is 18.3 Å². The standard InChI is InChI=1S/C15H17FN4O/c16-12-4-1-3-11(9-12)15(21)19-8-2-7-18-13-5-6-14(17)20-10-13/h1,3-6,9-10,18H,2,7-8H2,(H2,17,20)(H,19,21). The van der Waals surface area contributed by atoms with Crippen LogP contribution in [0.25, 0.3) is 0 Å². The molecule has 0 atom stereocenters. The Morgan fingerprint density at radius 1 is 1.24 bits per heavy atom. The molecule has 4 N–H and O–H groups in total. The molecule has 0 aliphatic heterocycles. The number of amides is 1. The highest BCUT2D eigenvalue weighted by atomic mass is 19.1. The highest BCUT2D eigenvalue weighted by Crippen LogP contribution is 2.06. The Hall–Kier alpha value is -2.63. The number of benzene rings is 1. The molecular formula is C15H17FN4O. The van der Waals surface area contributed by atoms with Gasteiger partial charge in [-0.25, -0.2) is 9.37 Å². The first-order valence-electron chi connectivity index (χ1n) is 6.64. The van der Waals surface area contributed by atoms with Gasteiger partial charge in [0.25, 0.3) is 5.91 Å². The predicted octanol–water partition coefficient (Wildman–Crippen LogP) is 2.03. The van der Waals surface area contributed by atoms with Crippen molar-refractivity contribution in [3.8, 4) is 0 Å². The first kappa shape index (κ1) is 14.8. The Kier molecular flexibility index (Phi) is 5.09. The summed E-state index contributed by atoms with van der Waals surface area (Å²) >= 11 is 0. The average molecular weight is 288 g/mol. The number of anilines is 2. The van der Waals surface area contributed by atoms with Gasteiger partial charge in [0.05, 0.1) is 11.9 Å². The van der Waals surface area contributed by atoms with Gasteiger partial charge in [-0.05, 0) is 36.8 Å². The molecular weight excluding hydrogens is 271 g/mol. The van der Waals surface area contributed by atoms with Gasteiger partial charge in [-0.1, -0.05) is 6.07 Å². The molecule has 21 heavy (non-hydrogen) atoms. The minimum Gasteiger partial charge on any atom is -0.384 e. The van der Waals surface area contributed by atoms with Gasteiger partial charge in [0.2, 0.25) is 0 Å². The molecule has 0 spiro atoms. The Labute approximate surface area is 122 Å². The number of nitrogens with zero attached hydrogens (tertiary/aromatic N) is 1. The lowest BCUT2D eigenvalue weighted by Crippen LogP contribution is -2.25. The lowest BCUT2D eigenvalue weighted by atomic mass is 10.2. The molecule has 0 aliphatic carbocycles. The Bertz CT molecular complexity index is 601. The lowest BCUT2D eigenvalue weighted by molar-refractivity contribution is 0.0953. The second-order valence-electron chi connectivity index (χ2n) is 4.52. The summed E-state index contributed by atoms with van der Waals surface area (Å²) in [7, 11) is 0. The smallest absolute Gasteiger partial charge is 0.251 e. The second-order valence-corrected chi connectivity index (χ2v) is 4.52. The largest absolute Gasteiger partial charge is 0.384 e. The van der Waals surface area contributed by atoms with Crippen molar-refractivity contribution in [2.45, 2.75) is 6.42 Å². The fraction of sp³-hybridized carbons (Fsp3) is 0.200. The van der Waals surface area contributed by atoms with Crippen molar-refractivity contribution in [3.05, 3.63) is 54.0 Å². The van der Waals surface area contributed by atoms with E-state index >= 15 is 0 Å². The minimum atomic E-state index is -0.417. The summed E-state index contributed by atoms with van der Waals surface area (Å²) in [5, 5.41) is 5.91. The van der Waals surface area contributed by atoms with Crippen LogP contribution in [0.3, 0.4) is 0 Å². The molecule has 5 nitrogen and oxygen atoms in total. The SMILES string of the molecule is Nc1ccc(NCCCNC(=O)c2cccc(F)c2)cn1. The number of pyridine rings is 1. The maximum Gasteiger partial charge on any atom is 0.251 e. The van der Waals surface area contributed by atoms with E-state index in [1.165, 1.54) is 18.2 Å². The van der Waals surface area contributed by atoms with Crippen LogP contribution in [0.4, 0.5) is 15.9 Å². The average Bonchev–Trinajstić information content (AvgIpc) is 2.48. The van der Waals surface area contributed by atoms with Crippen LogP contribution in [-0.2, 0) is 0 Å². The molecule has 1 aromatic heterocycles. The number of hydrogen-bond donors (Lipinski definition) is 3. The summed E-state index contributed by atoms with van der Waals surface area (Å²) in [5.74, 6) is -0.216. The van der Waals surface area contributed by atoms with Crippen molar-refractivity contribution in [1.82, 2.24) is 10.3 Å². The van der Waals surface area contributed by atoms with Crippen LogP contribution < -0.4 is 16.4 Å². The molecule has 6 heteroatoms. The zero-order chi connectivity index (χ0) is 15.1. The van der Waals surface area contributed by atoms with Crippen molar-refractivity contribution in [3.63, 3.8) is 0 Å². The quantitative estimate of drug-likeness (QED) is 0.711. The molecule has 1 heterocycles. The number of nitrogens with two attached hydrogens (primary N) is 1. The second kappa shape index (κ2) is 7.23. The highest BCUT2D eigenvalue weighted by molar-refractivity contribution is 5.94. The number of nitrogens with one attached hydrogen (secondary N) is 2. The van der Waals surface area contributed by atoms with Crippen molar-refractivity contribution in [2.24, 2.45) is 0 Å². The lowest BCUT2D eigenvalue weighted by Gasteiger charge is -2.07. The third-order valence-electron chi connectivity index (χ3n) is 2.84. The van der Waals surface area contributed by atoms with Gasteiger partial charge in [0.15, 0.2) is 0 Å². The maximum atomic E-state index is 13.0. The highest BCUT2D eigenvalue weighted by Gasteiger charge is 2.05. The van der Waals surface area contributed by atoms with E-state index in [2.05, 4.69) is 15.6 Å². The third-order valence-corrected chi connectivity index (χ3v) is 2.84. The van der Waals surface area contributed by atoms with Crippen LogP contribution in [0.15, 0.2) is 42.6 Å². The van der Waals surface area contributed by atoms with Gasteiger partial charge in [-0.2, -0.15) is 0 Å². The van der Waals surface area contributed by atoms with Gasteiger partial charge >= 0.3 is 0 Å². The molecule has 0 aliphatic rings. The predicted molar refractivity (Wildman–Crippen MR) is 80.5 cm³/mol. The summed E-state index contributed by atoms with van der Waals surface area (Å²) in [6.07, 6.45) is 2.39. The molecule has 2 aromatic rings. The topological polar surface area (TPSA) is 80.0 Å². The number of halogens is 1. The van der Waals surface area contributed by atoms with E-state index in [4.69, 9.17) is 5.73 Å². The number of carbonyl (C=O) groups excluding carboxylic acids is 1. The number of hydrogen-bond acceptors (Lipinski definition) is 4. The maximum absolute atomic E-state index is 13.0. The van der Waals surface area contributed by atoms with E-state index in [1.807, 2.05) is 6.07 Å². The molecule has 0 fully saturated rings. The fourth-order valence-corrected chi connectivity index (χ4v) is 1.76. The van der Waals surface area contributed by atoms with Gasteiger partial charge in [-0.15, -0.1) is 0 Å². The van der Waals surface area contributed by atoms with Crippen LogP contribution >= 0.6 is 0 Å². The molecule has 2 rings (SSSR count). The summed E-state index contributed by atoms with van der Waals surface area (Å²) in [4.78, 5) is 15.7. The molecule has 1 aromatic carbocycles. The van der Waals surface area contributed by atoms with E-state index in [9.17, 15) is 9.18 Å². The van der Waals surface area contributed by atoms with Crippen LogP contribution in [-0.4, -0.2) is 24.0 Å². The summed E-state index contributed by atoms with van der Waals surface area (Å²) < 4.78 is 13.0. The van der Waals surface area contributed by atoms with E-state index in [0.29, 0.717) is 24.5 Å². The molecule has 1 amide bonds. The van der Waals surface area contributed by atoms with Gasteiger partial charge in [0, 0.05) is 18.7 Å². The fourth-order valence-electron chi connectivity index (χ4n) is 1.76. The summed E-state index contributed by atoms with van der Waals surface area (Å²) in [6.45, 7) is 1.19. The number of aromatic nitrogens is 1.